The van der Waals surface area contributed by atoms with Crippen LogP contribution in [0, 0.1) is 5.92 Å². The fraction of sp³-hybridized carbons (Fsp3) is 0.542. The molecule has 2 aromatic rings. The molecule has 9 heteroatoms. The number of benzene rings is 1. The minimum Gasteiger partial charge on any atom is -0.444 e. The lowest BCUT2D eigenvalue weighted by molar-refractivity contribution is -0.131. The van der Waals surface area contributed by atoms with Gasteiger partial charge in [-0.05, 0) is 58.1 Å². The molecule has 9 nitrogen and oxygen atoms in total. The summed E-state index contributed by atoms with van der Waals surface area (Å²) in [5, 5.41) is 6.99. The van der Waals surface area contributed by atoms with Gasteiger partial charge in [0.05, 0.1) is 6.04 Å². The first kappa shape index (κ1) is 24.6. The van der Waals surface area contributed by atoms with E-state index >= 15 is 0 Å². The lowest BCUT2D eigenvalue weighted by Crippen LogP contribution is -2.57. The third-order valence-corrected chi connectivity index (χ3v) is 5.48. The van der Waals surface area contributed by atoms with Crippen LogP contribution in [-0.4, -0.2) is 40.6 Å². The molecule has 3 amide bonds. The highest BCUT2D eigenvalue weighted by Crippen LogP contribution is 2.31. The highest BCUT2D eigenvalue weighted by Gasteiger charge is 2.32. The zero-order valence-corrected chi connectivity index (χ0v) is 20.2. The van der Waals surface area contributed by atoms with Crippen molar-refractivity contribution in [1.29, 1.82) is 0 Å². The number of rotatable bonds is 5. The molecule has 1 aliphatic heterocycles. The highest BCUT2D eigenvalue weighted by atomic mass is 16.6. The van der Waals surface area contributed by atoms with E-state index in [1.807, 2.05) is 45.0 Å². The summed E-state index contributed by atoms with van der Waals surface area (Å²) in [4.78, 5) is 41.2. The first-order chi connectivity index (χ1) is 15.4. The Morgan fingerprint density at radius 2 is 1.85 bits per heavy atom. The molecule has 3 atom stereocenters. The summed E-state index contributed by atoms with van der Waals surface area (Å²) >= 11 is 0. The summed E-state index contributed by atoms with van der Waals surface area (Å²) in [7, 11) is 0. The Kier molecular flexibility index (Phi) is 7.31. The minimum atomic E-state index is -0.835. The summed E-state index contributed by atoms with van der Waals surface area (Å²) in [5.41, 5.74) is 7.52. The van der Waals surface area contributed by atoms with Crippen molar-refractivity contribution in [3.63, 3.8) is 0 Å². The average molecular weight is 458 g/mol. The van der Waals surface area contributed by atoms with Crippen LogP contribution in [0.2, 0.25) is 0 Å². The van der Waals surface area contributed by atoms with Crippen LogP contribution in [0.3, 0.4) is 0 Å². The highest BCUT2D eigenvalue weighted by molar-refractivity contribution is 5.91. The van der Waals surface area contributed by atoms with E-state index in [0.717, 1.165) is 22.2 Å². The van der Waals surface area contributed by atoms with Gasteiger partial charge in [0.25, 0.3) is 11.8 Å². The molecule has 5 N–H and O–H groups in total. The number of carbonyl (C=O) groups excluding carboxylic acids is 3. The molecule has 1 aromatic heterocycles. The number of carbonyl (C=O) groups is 3. The summed E-state index contributed by atoms with van der Waals surface area (Å²) in [5.74, 6) is -0.696. The number of H-pyrrole nitrogens is 1. The van der Waals surface area contributed by atoms with Crippen LogP contribution in [0.4, 0.5) is 4.79 Å². The van der Waals surface area contributed by atoms with Crippen LogP contribution >= 0.6 is 0 Å². The van der Waals surface area contributed by atoms with Gasteiger partial charge in [0.1, 0.15) is 11.6 Å². The maximum absolute atomic E-state index is 12.9. The second-order valence-electron chi connectivity index (χ2n) is 10.0. The van der Waals surface area contributed by atoms with Crippen LogP contribution < -0.4 is 21.5 Å². The Balaban J connectivity index is 1.62. The van der Waals surface area contributed by atoms with Crippen molar-refractivity contribution in [2.75, 3.05) is 0 Å². The molecule has 33 heavy (non-hydrogen) atoms. The molecule has 2 heterocycles. The number of alkyl carbamates (subject to hydrolysis) is 1. The molecule has 0 fully saturated rings. The van der Waals surface area contributed by atoms with E-state index in [2.05, 4.69) is 26.5 Å². The Bertz CT molecular complexity index is 1020. The predicted molar refractivity (Wildman–Crippen MR) is 126 cm³/mol. The van der Waals surface area contributed by atoms with E-state index in [4.69, 9.17) is 4.74 Å². The molecule has 1 aromatic carbocycles. The minimum absolute atomic E-state index is 0.0462. The normalized spacial score (nSPS) is 19.0. The van der Waals surface area contributed by atoms with Crippen molar-refractivity contribution < 1.29 is 19.1 Å². The molecule has 0 saturated heterocycles. The van der Waals surface area contributed by atoms with Crippen LogP contribution in [0.15, 0.2) is 24.3 Å². The lowest BCUT2D eigenvalue weighted by Gasteiger charge is -2.29. The number of aromatic amines is 1. The van der Waals surface area contributed by atoms with Gasteiger partial charge in [0.15, 0.2) is 0 Å². The first-order valence-electron chi connectivity index (χ1n) is 11.4. The molecular weight excluding hydrogens is 422 g/mol. The number of hydrogen-bond acceptors (Lipinski definition) is 5. The van der Waals surface area contributed by atoms with Gasteiger partial charge in [-0.3, -0.25) is 25.8 Å². The number of fused-ring (bicyclic) bond motifs is 3. The van der Waals surface area contributed by atoms with E-state index in [1.54, 1.807) is 20.8 Å². The van der Waals surface area contributed by atoms with Gasteiger partial charge in [0, 0.05) is 22.6 Å². The first-order valence-corrected chi connectivity index (χ1v) is 11.4. The molecule has 3 rings (SSSR count). The third-order valence-electron chi connectivity index (χ3n) is 5.48. The molecule has 0 saturated carbocycles. The second-order valence-corrected chi connectivity index (χ2v) is 10.0. The van der Waals surface area contributed by atoms with Gasteiger partial charge in [-0.15, -0.1) is 0 Å². The van der Waals surface area contributed by atoms with Crippen molar-refractivity contribution in [2.24, 2.45) is 5.92 Å². The van der Waals surface area contributed by atoms with Crippen molar-refractivity contribution in [3.8, 4) is 0 Å². The van der Waals surface area contributed by atoms with Gasteiger partial charge in [-0.1, -0.05) is 32.0 Å². The van der Waals surface area contributed by atoms with Crippen LogP contribution in [0.25, 0.3) is 10.9 Å². The molecule has 0 unspecified atom stereocenters. The topological polar surface area (TPSA) is 124 Å². The standard InChI is InChI=1S/C24H35N5O4/c1-13(2)11-18(27-23(32)33-24(4,5)6)21(30)28-29-22(31)19-12-16-15-9-7-8-10-17(15)26-20(16)14(3)25-19/h7-10,13-14,18-19,25-26H,11-12H2,1-6H3,(H,27,32)(H,28,30)(H,29,31)/t14-,18-,19-/m0/s1. The lowest BCUT2D eigenvalue weighted by atomic mass is 9.94. The van der Waals surface area contributed by atoms with E-state index in [0.29, 0.717) is 12.8 Å². The zero-order chi connectivity index (χ0) is 24.3. The summed E-state index contributed by atoms with van der Waals surface area (Å²) in [6, 6.07) is 6.62. The largest absolute Gasteiger partial charge is 0.444 e. The number of hydrogen-bond donors (Lipinski definition) is 5. The van der Waals surface area contributed by atoms with Gasteiger partial charge < -0.3 is 15.0 Å². The predicted octanol–water partition coefficient (Wildman–Crippen LogP) is 2.83. The van der Waals surface area contributed by atoms with Gasteiger partial charge >= 0.3 is 6.09 Å². The monoisotopic (exact) mass is 457 g/mol. The number of hydrazine groups is 1. The molecule has 180 valence electrons. The maximum Gasteiger partial charge on any atom is 0.408 e. The smallest absolute Gasteiger partial charge is 0.408 e. The quantitative estimate of drug-likeness (QED) is 0.442. The number of para-hydroxylation sites is 1. The van der Waals surface area contributed by atoms with Gasteiger partial charge in [-0.2, -0.15) is 0 Å². The van der Waals surface area contributed by atoms with Crippen molar-refractivity contribution in [2.45, 2.75) is 78.1 Å². The van der Waals surface area contributed by atoms with Crippen LogP contribution in [0.1, 0.15) is 65.3 Å². The zero-order valence-electron chi connectivity index (χ0n) is 20.2. The SMILES string of the molecule is CC(C)C[C@H](NC(=O)OC(C)(C)C)C(=O)NNC(=O)[C@@H]1Cc2c([nH]c3ccccc23)[C@H](C)N1. The fourth-order valence-electron chi connectivity index (χ4n) is 4.08. The summed E-state index contributed by atoms with van der Waals surface area (Å²) < 4.78 is 5.26. The number of nitrogens with one attached hydrogen (secondary N) is 5. The molecule has 0 bridgehead atoms. The van der Waals surface area contributed by atoms with E-state index in [1.165, 1.54) is 0 Å². The Morgan fingerprint density at radius 1 is 1.15 bits per heavy atom. The Morgan fingerprint density at radius 3 is 2.52 bits per heavy atom. The molecular formula is C24H35N5O4. The molecule has 0 aliphatic carbocycles. The number of aromatic nitrogens is 1. The van der Waals surface area contributed by atoms with Crippen molar-refractivity contribution >= 4 is 28.8 Å². The van der Waals surface area contributed by atoms with Gasteiger partial charge in [-0.25, -0.2) is 4.79 Å². The van der Waals surface area contributed by atoms with Crippen LogP contribution in [0.5, 0.6) is 0 Å². The number of ether oxygens (including phenoxy) is 1. The van der Waals surface area contributed by atoms with E-state index in [-0.39, 0.29) is 17.9 Å². The third kappa shape index (κ3) is 6.25. The molecule has 0 spiro atoms. The van der Waals surface area contributed by atoms with Crippen LogP contribution in [-0.2, 0) is 20.7 Å². The molecule has 1 aliphatic rings. The van der Waals surface area contributed by atoms with Crippen molar-refractivity contribution in [3.05, 3.63) is 35.5 Å². The number of amides is 3. The molecule has 0 radical (unpaired) electrons. The summed E-state index contributed by atoms with van der Waals surface area (Å²) in [6.07, 6.45) is 0.222. The Hall–Kier alpha value is -3.07. The van der Waals surface area contributed by atoms with Crippen molar-refractivity contribution in [1.82, 2.24) is 26.5 Å². The van der Waals surface area contributed by atoms with E-state index < -0.39 is 29.7 Å². The fourth-order valence-corrected chi connectivity index (χ4v) is 4.08. The van der Waals surface area contributed by atoms with Gasteiger partial charge in [0.2, 0.25) is 0 Å². The Labute approximate surface area is 194 Å². The van der Waals surface area contributed by atoms with E-state index in [9.17, 15) is 14.4 Å². The second kappa shape index (κ2) is 9.82. The maximum atomic E-state index is 12.9. The average Bonchev–Trinajstić information content (AvgIpc) is 3.09. The summed E-state index contributed by atoms with van der Waals surface area (Å²) in [6.45, 7) is 11.1.